The van der Waals surface area contributed by atoms with E-state index in [9.17, 15) is 14.7 Å². The fourth-order valence-corrected chi connectivity index (χ4v) is 10.5. The molecule has 10 atom stereocenters. The number of carbonyl (C=O) groups is 2. The Hall–Kier alpha value is -1.16. The number of aliphatic carboxylic acids is 1. The van der Waals surface area contributed by atoms with Gasteiger partial charge >= 0.3 is 5.97 Å². The smallest absolute Gasteiger partial charge is 0.309 e. The van der Waals surface area contributed by atoms with Gasteiger partial charge in [0.2, 0.25) is 0 Å². The Morgan fingerprint density at radius 2 is 1.72 bits per heavy atom. The van der Waals surface area contributed by atoms with Gasteiger partial charge in [-0.1, -0.05) is 47.1 Å². The fourth-order valence-electron chi connectivity index (χ4n) is 10.5. The number of carboxylic acids is 1. The monoisotopic (exact) mass is 498 g/mol. The highest BCUT2D eigenvalue weighted by atomic mass is 16.5. The Morgan fingerprint density at radius 1 is 1.03 bits per heavy atom. The first-order chi connectivity index (χ1) is 16.8. The molecule has 0 radical (unpaired) electrons. The van der Waals surface area contributed by atoms with E-state index < -0.39 is 11.4 Å². The van der Waals surface area contributed by atoms with Crippen molar-refractivity contribution in [2.75, 3.05) is 6.61 Å². The van der Waals surface area contributed by atoms with Crippen LogP contribution in [0.3, 0.4) is 0 Å². The lowest BCUT2D eigenvalue weighted by Gasteiger charge is -2.69. The molecule has 4 fully saturated rings. The summed E-state index contributed by atoms with van der Waals surface area (Å²) in [6.07, 6.45) is 12.4. The second-order valence-corrected chi connectivity index (χ2v) is 14.9. The average molecular weight is 499 g/mol. The predicted octanol–water partition coefficient (Wildman–Crippen LogP) is 7.46. The fraction of sp³-hybridized carbons (Fsp3) is 0.875. The van der Waals surface area contributed by atoms with Gasteiger partial charge in [0, 0.05) is 12.5 Å². The maximum absolute atomic E-state index is 14.3. The van der Waals surface area contributed by atoms with Crippen LogP contribution >= 0.6 is 0 Å². The molecular formula is C32H50O4. The zero-order chi connectivity index (χ0) is 26.3. The van der Waals surface area contributed by atoms with E-state index >= 15 is 0 Å². The largest absolute Gasteiger partial charge is 0.481 e. The Balaban J connectivity index is 1.54. The highest BCUT2D eigenvalue weighted by Crippen LogP contribution is 2.74. The van der Waals surface area contributed by atoms with E-state index in [1.165, 1.54) is 12.0 Å². The molecule has 0 bridgehead atoms. The Kier molecular flexibility index (Phi) is 6.18. The number of fused-ring (bicyclic) bond motifs is 7. The summed E-state index contributed by atoms with van der Waals surface area (Å²) in [5.41, 5.74) is 0.605. The Bertz CT molecular complexity index is 969. The lowest BCUT2D eigenvalue weighted by Crippen LogP contribution is -2.65. The molecule has 202 valence electrons. The van der Waals surface area contributed by atoms with Gasteiger partial charge in [-0.15, -0.1) is 0 Å². The van der Waals surface area contributed by atoms with Gasteiger partial charge in [-0.25, -0.2) is 0 Å². The van der Waals surface area contributed by atoms with E-state index in [1.54, 1.807) is 0 Å². The van der Waals surface area contributed by atoms with Gasteiger partial charge in [-0.05, 0) is 117 Å². The van der Waals surface area contributed by atoms with Crippen molar-refractivity contribution in [2.45, 2.75) is 119 Å². The third kappa shape index (κ3) is 3.41. The average Bonchev–Trinajstić information content (AvgIpc) is 2.81. The zero-order valence-electron chi connectivity index (χ0n) is 23.9. The van der Waals surface area contributed by atoms with Crippen molar-refractivity contribution in [3.63, 3.8) is 0 Å². The van der Waals surface area contributed by atoms with E-state index in [4.69, 9.17) is 4.74 Å². The molecule has 0 amide bonds. The number of carbonyl (C=O) groups excluding carboxylic acids is 1. The van der Waals surface area contributed by atoms with Gasteiger partial charge < -0.3 is 9.84 Å². The second-order valence-electron chi connectivity index (χ2n) is 14.9. The molecule has 4 saturated carbocycles. The molecule has 0 spiro atoms. The van der Waals surface area contributed by atoms with Gasteiger partial charge in [-0.3, -0.25) is 9.59 Å². The maximum Gasteiger partial charge on any atom is 0.309 e. The standard InChI is InChI=1S/C32H50O4/c1-8-17-36-25-10-11-30(5)21(20(25)2)9-12-32(7)26(30)24(33)18-22-23-19-29(4,27(34)35)14-13-28(23,3)15-16-31(22,32)6/h18,20-21,23,25-26H,8-17,19H2,1-7H3,(H,34,35)/t20-,21?,23+,25+,26?,28-,29+,30?,31-,32?/m1/s1. The molecule has 36 heavy (non-hydrogen) atoms. The van der Waals surface area contributed by atoms with E-state index in [2.05, 4.69) is 47.6 Å². The summed E-state index contributed by atoms with van der Waals surface area (Å²) in [5, 5.41) is 10.1. The van der Waals surface area contributed by atoms with Crippen LogP contribution in [0.2, 0.25) is 0 Å². The summed E-state index contributed by atoms with van der Waals surface area (Å²) >= 11 is 0. The summed E-state index contributed by atoms with van der Waals surface area (Å²) in [6, 6.07) is 0. The Morgan fingerprint density at radius 3 is 2.39 bits per heavy atom. The van der Waals surface area contributed by atoms with Crippen LogP contribution in [0.5, 0.6) is 0 Å². The van der Waals surface area contributed by atoms with E-state index in [-0.39, 0.29) is 33.5 Å². The summed E-state index contributed by atoms with van der Waals surface area (Å²) in [5.74, 6) is 0.904. The van der Waals surface area contributed by atoms with Crippen LogP contribution in [-0.2, 0) is 14.3 Å². The topological polar surface area (TPSA) is 63.6 Å². The first-order valence-corrected chi connectivity index (χ1v) is 14.9. The predicted molar refractivity (Wildman–Crippen MR) is 142 cm³/mol. The molecule has 5 aliphatic carbocycles. The highest BCUT2D eigenvalue weighted by Gasteiger charge is 2.69. The number of hydrogen-bond acceptors (Lipinski definition) is 3. The van der Waals surface area contributed by atoms with Crippen molar-refractivity contribution in [3.8, 4) is 0 Å². The lowest BCUT2D eigenvalue weighted by molar-refractivity contribution is -0.189. The molecule has 0 aromatic heterocycles. The molecule has 5 aliphatic rings. The van der Waals surface area contributed by atoms with Crippen LogP contribution in [-0.4, -0.2) is 29.6 Å². The van der Waals surface area contributed by atoms with Crippen molar-refractivity contribution in [1.29, 1.82) is 0 Å². The maximum atomic E-state index is 14.3. The number of ketones is 1. The normalized spacial score (nSPS) is 52.4. The number of allylic oxidation sites excluding steroid dienone is 2. The van der Waals surface area contributed by atoms with Crippen molar-refractivity contribution < 1.29 is 19.4 Å². The lowest BCUT2D eigenvalue weighted by atomic mass is 9.34. The van der Waals surface area contributed by atoms with E-state index in [1.807, 2.05) is 6.92 Å². The van der Waals surface area contributed by atoms with Crippen LogP contribution in [0, 0.1) is 50.7 Å². The summed E-state index contributed by atoms with van der Waals surface area (Å²) in [7, 11) is 0. The minimum atomic E-state index is -0.694. The molecule has 0 aromatic carbocycles. The molecule has 4 nitrogen and oxygen atoms in total. The SMILES string of the molecule is CCCO[C@H]1CCC2(C)C(CCC3(C)C2C(=O)C=C2[C@@H]4C[C@@](C)(C(=O)O)CC[C@]4(C)CC[C@]23C)[C@H]1C. The first kappa shape index (κ1) is 26.4. The summed E-state index contributed by atoms with van der Waals surface area (Å²) < 4.78 is 6.30. The number of hydrogen-bond donors (Lipinski definition) is 1. The highest BCUT2D eigenvalue weighted by molar-refractivity contribution is 5.95. The van der Waals surface area contributed by atoms with Gasteiger partial charge in [-0.2, -0.15) is 0 Å². The molecule has 1 N–H and O–H groups in total. The van der Waals surface area contributed by atoms with Gasteiger partial charge in [0.15, 0.2) is 5.78 Å². The zero-order valence-corrected chi connectivity index (χ0v) is 23.9. The molecule has 5 rings (SSSR count). The minimum absolute atomic E-state index is 0.00348. The third-order valence-electron chi connectivity index (χ3n) is 13.2. The quantitative estimate of drug-likeness (QED) is 0.437. The van der Waals surface area contributed by atoms with E-state index in [0.29, 0.717) is 30.1 Å². The van der Waals surface area contributed by atoms with Crippen LogP contribution in [0.25, 0.3) is 0 Å². The van der Waals surface area contributed by atoms with E-state index in [0.717, 1.165) is 58.0 Å². The van der Waals surface area contributed by atoms with Gasteiger partial charge in [0.1, 0.15) is 0 Å². The summed E-state index contributed by atoms with van der Waals surface area (Å²) in [4.78, 5) is 26.6. The third-order valence-corrected chi connectivity index (χ3v) is 13.2. The second kappa shape index (κ2) is 8.42. The molecule has 0 aromatic rings. The van der Waals surface area contributed by atoms with Gasteiger partial charge in [0.05, 0.1) is 11.5 Å². The minimum Gasteiger partial charge on any atom is -0.481 e. The molecule has 0 aliphatic heterocycles. The van der Waals surface area contributed by atoms with Crippen LogP contribution in [0.1, 0.15) is 113 Å². The van der Waals surface area contributed by atoms with Crippen LogP contribution < -0.4 is 0 Å². The summed E-state index contributed by atoms with van der Waals surface area (Å²) in [6.45, 7) is 17.0. The number of carboxylic acid groups (broad SMARTS) is 1. The molecule has 0 heterocycles. The number of ether oxygens (including phenoxy) is 1. The molecule has 4 heteroatoms. The molecular weight excluding hydrogens is 448 g/mol. The van der Waals surface area contributed by atoms with Crippen LogP contribution in [0.4, 0.5) is 0 Å². The van der Waals surface area contributed by atoms with Crippen molar-refractivity contribution in [2.24, 2.45) is 50.7 Å². The first-order valence-electron chi connectivity index (χ1n) is 14.9. The van der Waals surface area contributed by atoms with Crippen molar-refractivity contribution >= 4 is 11.8 Å². The molecule has 0 saturated heterocycles. The van der Waals surface area contributed by atoms with Crippen molar-refractivity contribution in [1.82, 2.24) is 0 Å². The number of rotatable bonds is 4. The Labute approximate surface area is 219 Å². The molecule has 4 unspecified atom stereocenters. The van der Waals surface area contributed by atoms with Crippen LogP contribution in [0.15, 0.2) is 11.6 Å². The van der Waals surface area contributed by atoms with Crippen molar-refractivity contribution in [3.05, 3.63) is 11.6 Å². The van der Waals surface area contributed by atoms with Gasteiger partial charge in [0.25, 0.3) is 0 Å².